The molecule has 2 aliphatic rings. The quantitative estimate of drug-likeness (QED) is 0.333. The molecule has 2 aromatic rings. The Balaban J connectivity index is 1.27. The molecule has 0 saturated carbocycles. The number of fused-ring (bicyclic) bond motifs is 1. The highest BCUT2D eigenvalue weighted by molar-refractivity contribution is 7.89. The molecule has 1 fully saturated rings. The summed E-state index contributed by atoms with van der Waals surface area (Å²) >= 11 is 0. The molecule has 11 heteroatoms. The van der Waals surface area contributed by atoms with Gasteiger partial charge >= 0.3 is 0 Å². The SMILES string of the molecule is CNC1CN(S(=O)(=O)c2ccccc2OCC(=O)NC[C@@H](O)CN2CCc3ccccc3C2)CC1O. The summed E-state index contributed by atoms with van der Waals surface area (Å²) in [5.74, 6) is -0.403. The van der Waals surface area contributed by atoms with Crippen molar-refractivity contribution < 1.29 is 28.2 Å². The summed E-state index contributed by atoms with van der Waals surface area (Å²) in [6.45, 7) is 1.83. The van der Waals surface area contributed by atoms with Crippen molar-refractivity contribution in [3.05, 3.63) is 59.7 Å². The van der Waals surface area contributed by atoms with Crippen LogP contribution in [0.4, 0.5) is 0 Å². The van der Waals surface area contributed by atoms with Crippen LogP contribution in [0.25, 0.3) is 0 Å². The Hall–Kier alpha value is -2.54. The monoisotopic (exact) mass is 518 g/mol. The molecule has 0 spiro atoms. The predicted octanol–water partition coefficient (Wildman–Crippen LogP) is -0.446. The van der Waals surface area contributed by atoms with E-state index in [4.69, 9.17) is 4.74 Å². The molecule has 2 heterocycles. The average Bonchev–Trinajstić information content (AvgIpc) is 3.27. The summed E-state index contributed by atoms with van der Waals surface area (Å²) in [5, 5.41) is 26.1. The largest absolute Gasteiger partial charge is 0.482 e. The van der Waals surface area contributed by atoms with Gasteiger partial charge in [-0.3, -0.25) is 9.69 Å². The number of benzene rings is 2. The number of carbonyl (C=O) groups is 1. The van der Waals surface area contributed by atoms with Crippen molar-refractivity contribution in [1.82, 2.24) is 19.8 Å². The predicted molar refractivity (Wildman–Crippen MR) is 134 cm³/mol. The van der Waals surface area contributed by atoms with Gasteiger partial charge in [0.05, 0.1) is 12.2 Å². The summed E-state index contributed by atoms with van der Waals surface area (Å²) in [5.41, 5.74) is 2.59. The molecule has 0 bridgehead atoms. The maximum absolute atomic E-state index is 13.2. The van der Waals surface area contributed by atoms with E-state index in [1.165, 1.54) is 27.6 Å². The second kappa shape index (κ2) is 11.7. The van der Waals surface area contributed by atoms with Gasteiger partial charge in [-0.25, -0.2) is 8.42 Å². The number of aliphatic hydroxyl groups excluding tert-OH is 2. The molecule has 0 radical (unpaired) electrons. The number of nitrogens with zero attached hydrogens (tertiary/aromatic N) is 2. The lowest BCUT2D eigenvalue weighted by atomic mass is 10.00. The zero-order valence-electron chi connectivity index (χ0n) is 20.3. The van der Waals surface area contributed by atoms with Crippen molar-refractivity contribution in [3.63, 3.8) is 0 Å². The molecule has 2 aliphatic heterocycles. The molecule has 0 aromatic heterocycles. The number of nitrogens with one attached hydrogen (secondary N) is 2. The third kappa shape index (κ3) is 6.23. The average molecular weight is 519 g/mol. The Morgan fingerprint density at radius 1 is 1.14 bits per heavy atom. The first kappa shape index (κ1) is 26.5. The highest BCUT2D eigenvalue weighted by Gasteiger charge is 2.39. The summed E-state index contributed by atoms with van der Waals surface area (Å²) in [6, 6.07) is 14.0. The molecule has 1 saturated heterocycles. The number of para-hydroxylation sites is 1. The number of hydrogen-bond donors (Lipinski definition) is 4. The van der Waals surface area contributed by atoms with Gasteiger partial charge in [-0.1, -0.05) is 36.4 Å². The van der Waals surface area contributed by atoms with Crippen LogP contribution in [0.5, 0.6) is 5.75 Å². The number of aliphatic hydroxyl groups is 2. The lowest BCUT2D eigenvalue weighted by Gasteiger charge is -2.30. The second-order valence-electron chi connectivity index (χ2n) is 9.23. The van der Waals surface area contributed by atoms with E-state index < -0.39 is 34.7 Å². The molecular formula is C25H34N4O6S. The Morgan fingerprint density at radius 2 is 1.86 bits per heavy atom. The maximum atomic E-state index is 13.2. The molecule has 2 aromatic carbocycles. The van der Waals surface area contributed by atoms with Crippen LogP contribution in [0.1, 0.15) is 11.1 Å². The van der Waals surface area contributed by atoms with Gasteiger partial charge in [-0.2, -0.15) is 4.31 Å². The van der Waals surface area contributed by atoms with Crippen molar-refractivity contribution in [3.8, 4) is 5.75 Å². The van der Waals surface area contributed by atoms with E-state index in [1.807, 2.05) is 12.1 Å². The zero-order chi connectivity index (χ0) is 25.7. The minimum absolute atomic E-state index is 0.0247. The van der Waals surface area contributed by atoms with Crippen molar-refractivity contribution >= 4 is 15.9 Å². The Morgan fingerprint density at radius 3 is 2.61 bits per heavy atom. The fraction of sp³-hybridized carbons (Fsp3) is 0.480. The van der Waals surface area contributed by atoms with E-state index in [0.717, 1.165) is 19.5 Å². The number of likely N-dealkylation sites (N-methyl/N-ethyl adjacent to an activating group) is 1. The van der Waals surface area contributed by atoms with Crippen molar-refractivity contribution in [1.29, 1.82) is 0 Å². The third-order valence-electron chi connectivity index (χ3n) is 6.67. The fourth-order valence-corrected chi connectivity index (χ4v) is 6.27. The van der Waals surface area contributed by atoms with Gasteiger partial charge in [0.25, 0.3) is 5.91 Å². The number of hydrogen-bond acceptors (Lipinski definition) is 8. The van der Waals surface area contributed by atoms with Crippen LogP contribution in [-0.4, -0.2) is 98.4 Å². The third-order valence-corrected chi connectivity index (χ3v) is 8.54. The first-order chi connectivity index (χ1) is 17.3. The molecule has 3 atom stereocenters. The van der Waals surface area contributed by atoms with Gasteiger partial charge in [0, 0.05) is 45.3 Å². The zero-order valence-corrected chi connectivity index (χ0v) is 21.2. The van der Waals surface area contributed by atoms with Crippen LogP contribution in [0.15, 0.2) is 53.4 Å². The van der Waals surface area contributed by atoms with Crippen LogP contribution in [-0.2, 0) is 27.8 Å². The van der Waals surface area contributed by atoms with E-state index in [1.54, 1.807) is 19.2 Å². The first-order valence-electron chi connectivity index (χ1n) is 12.1. The minimum atomic E-state index is -3.93. The number of ether oxygens (including phenoxy) is 1. The maximum Gasteiger partial charge on any atom is 0.258 e. The van der Waals surface area contributed by atoms with E-state index in [-0.39, 0.29) is 36.3 Å². The normalized spacial score (nSPS) is 21.6. The van der Waals surface area contributed by atoms with Gasteiger partial charge in [-0.05, 0) is 36.7 Å². The van der Waals surface area contributed by atoms with E-state index in [2.05, 4.69) is 27.7 Å². The van der Waals surface area contributed by atoms with E-state index >= 15 is 0 Å². The molecule has 0 aliphatic carbocycles. The number of carbonyl (C=O) groups excluding carboxylic acids is 1. The second-order valence-corrected chi connectivity index (χ2v) is 11.1. The van der Waals surface area contributed by atoms with Crippen molar-refractivity contribution in [2.45, 2.75) is 36.1 Å². The molecule has 1 amide bonds. The summed E-state index contributed by atoms with van der Waals surface area (Å²) in [4.78, 5) is 14.5. The van der Waals surface area contributed by atoms with E-state index in [0.29, 0.717) is 6.54 Å². The van der Waals surface area contributed by atoms with Crippen molar-refractivity contribution in [2.75, 3.05) is 46.4 Å². The van der Waals surface area contributed by atoms with Crippen LogP contribution >= 0.6 is 0 Å². The van der Waals surface area contributed by atoms with Gasteiger partial charge in [0.1, 0.15) is 10.6 Å². The van der Waals surface area contributed by atoms with Crippen LogP contribution in [0.3, 0.4) is 0 Å². The minimum Gasteiger partial charge on any atom is -0.482 e. The highest BCUT2D eigenvalue weighted by atomic mass is 32.2. The van der Waals surface area contributed by atoms with Crippen LogP contribution in [0.2, 0.25) is 0 Å². The number of β-amino-alcohol motifs (C(OH)–C–C–N with tert-alkyl or cyclic N) is 2. The molecule has 196 valence electrons. The Labute approximate surface area is 211 Å². The molecule has 4 rings (SSSR count). The van der Waals surface area contributed by atoms with Crippen molar-refractivity contribution in [2.24, 2.45) is 0 Å². The number of amides is 1. The molecular weight excluding hydrogens is 484 g/mol. The Kier molecular flexibility index (Phi) is 8.60. The lowest BCUT2D eigenvalue weighted by molar-refractivity contribution is -0.123. The summed E-state index contributed by atoms with van der Waals surface area (Å²) in [6.07, 6.45) is -0.624. The van der Waals surface area contributed by atoms with Crippen LogP contribution in [0, 0.1) is 0 Å². The van der Waals surface area contributed by atoms with Gasteiger partial charge in [0.15, 0.2) is 6.61 Å². The molecule has 2 unspecified atom stereocenters. The topological polar surface area (TPSA) is 131 Å². The standard InChI is InChI=1S/C25H34N4O6S/c1-26-21-15-29(16-22(21)31)36(33,34)24-9-5-4-8-23(24)35-17-25(32)27-12-20(30)14-28-11-10-18-6-2-3-7-19(18)13-28/h2-9,20-22,26,30-31H,10-17H2,1H3,(H,27,32)/t20-,21?,22?/m1/s1. The first-order valence-corrected chi connectivity index (χ1v) is 13.5. The van der Waals surface area contributed by atoms with Gasteiger partial charge in [-0.15, -0.1) is 0 Å². The Bertz CT molecular complexity index is 1160. The van der Waals surface area contributed by atoms with Gasteiger partial charge in [0.2, 0.25) is 10.0 Å². The number of sulfonamides is 1. The highest BCUT2D eigenvalue weighted by Crippen LogP contribution is 2.29. The molecule has 10 nitrogen and oxygen atoms in total. The van der Waals surface area contributed by atoms with Crippen LogP contribution < -0.4 is 15.4 Å². The fourth-order valence-electron chi connectivity index (χ4n) is 4.65. The number of rotatable bonds is 10. The lowest BCUT2D eigenvalue weighted by Crippen LogP contribution is -2.43. The van der Waals surface area contributed by atoms with E-state index in [9.17, 15) is 23.4 Å². The molecule has 4 N–H and O–H groups in total. The summed E-state index contributed by atoms with van der Waals surface area (Å²) in [7, 11) is -2.26. The smallest absolute Gasteiger partial charge is 0.258 e. The van der Waals surface area contributed by atoms with Gasteiger partial charge < -0.3 is 25.6 Å². The molecule has 36 heavy (non-hydrogen) atoms. The summed E-state index contributed by atoms with van der Waals surface area (Å²) < 4.78 is 33.1.